The van der Waals surface area contributed by atoms with Crippen LogP contribution in [0.3, 0.4) is 0 Å². The number of aromatic nitrogens is 1. The van der Waals surface area contributed by atoms with E-state index < -0.39 is 0 Å². The molecule has 0 radical (unpaired) electrons. The minimum absolute atomic E-state index is 0.0897. The van der Waals surface area contributed by atoms with E-state index in [1.165, 1.54) is 0 Å². The van der Waals surface area contributed by atoms with Crippen molar-refractivity contribution in [2.24, 2.45) is 0 Å². The Kier molecular flexibility index (Phi) is 5.80. The van der Waals surface area contributed by atoms with Crippen LogP contribution in [0.15, 0.2) is 18.3 Å². The van der Waals surface area contributed by atoms with Crippen molar-refractivity contribution in [3.63, 3.8) is 0 Å². The van der Waals surface area contributed by atoms with Crippen molar-refractivity contribution in [3.8, 4) is 0 Å². The Morgan fingerprint density at radius 3 is 3.05 bits per heavy atom. The number of nitrogens with one attached hydrogen (secondary N) is 2. The van der Waals surface area contributed by atoms with Gasteiger partial charge in [0.05, 0.1) is 11.7 Å². The maximum absolute atomic E-state index is 11.9. The van der Waals surface area contributed by atoms with Crippen molar-refractivity contribution in [1.29, 1.82) is 0 Å². The molecule has 1 unspecified atom stereocenters. The summed E-state index contributed by atoms with van der Waals surface area (Å²) in [7, 11) is 0. The third-order valence-corrected chi connectivity index (χ3v) is 3.38. The zero-order chi connectivity index (χ0) is 14.2. The molecule has 1 aliphatic rings. The van der Waals surface area contributed by atoms with Crippen LogP contribution in [0.1, 0.15) is 43.0 Å². The number of unbranched alkanes of at least 4 members (excludes halogenated alkanes) is 1. The first kappa shape index (κ1) is 14.8. The second kappa shape index (κ2) is 7.85. The standard InChI is InChI=1S/C15H23N3O2/c1-2-3-8-16-14-7-6-12(10-17-14)15(19)18-11-13-5-4-9-20-13/h6-7,10,13H,2-5,8-9,11H2,1H3,(H,16,17)(H,18,19). The van der Waals surface area contributed by atoms with Gasteiger partial charge in [0.1, 0.15) is 5.82 Å². The SMILES string of the molecule is CCCCNc1ccc(C(=O)NCC2CCCO2)cn1. The molecule has 0 aromatic carbocycles. The van der Waals surface area contributed by atoms with Crippen LogP contribution in [0.25, 0.3) is 0 Å². The highest BCUT2D eigenvalue weighted by atomic mass is 16.5. The Bertz CT molecular complexity index is 414. The first-order valence-corrected chi connectivity index (χ1v) is 7.39. The Labute approximate surface area is 120 Å². The van der Waals surface area contributed by atoms with Crippen LogP contribution >= 0.6 is 0 Å². The number of amides is 1. The molecule has 2 rings (SSSR count). The van der Waals surface area contributed by atoms with Gasteiger partial charge in [-0.15, -0.1) is 0 Å². The van der Waals surface area contributed by atoms with Gasteiger partial charge in [-0.3, -0.25) is 4.79 Å². The average molecular weight is 277 g/mol. The minimum Gasteiger partial charge on any atom is -0.376 e. The van der Waals surface area contributed by atoms with Crippen molar-refractivity contribution in [2.75, 3.05) is 25.0 Å². The molecule has 2 heterocycles. The molecule has 2 N–H and O–H groups in total. The molecular formula is C15H23N3O2. The predicted molar refractivity (Wildman–Crippen MR) is 78.9 cm³/mol. The topological polar surface area (TPSA) is 63.2 Å². The van der Waals surface area contributed by atoms with E-state index in [0.717, 1.165) is 44.7 Å². The summed E-state index contributed by atoms with van der Waals surface area (Å²) in [6, 6.07) is 3.64. The molecule has 0 spiro atoms. The van der Waals surface area contributed by atoms with Crippen LogP contribution in [0.5, 0.6) is 0 Å². The molecule has 1 fully saturated rings. The molecule has 5 heteroatoms. The van der Waals surface area contributed by atoms with Gasteiger partial charge in [0.25, 0.3) is 5.91 Å². The first-order chi connectivity index (χ1) is 9.79. The van der Waals surface area contributed by atoms with Crippen molar-refractivity contribution in [3.05, 3.63) is 23.9 Å². The third kappa shape index (κ3) is 4.49. The highest BCUT2D eigenvalue weighted by Gasteiger charge is 2.16. The smallest absolute Gasteiger partial charge is 0.252 e. The number of hydrogen-bond donors (Lipinski definition) is 2. The number of hydrogen-bond acceptors (Lipinski definition) is 4. The molecule has 0 bridgehead atoms. The van der Waals surface area contributed by atoms with Gasteiger partial charge in [0.2, 0.25) is 0 Å². The van der Waals surface area contributed by atoms with E-state index in [-0.39, 0.29) is 12.0 Å². The van der Waals surface area contributed by atoms with E-state index in [9.17, 15) is 4.79 Å². The van der Waals surface area contributed by atoms with E-state index >= 15 is 0 Å². The van der Waals surface area contributed by atoms with Gasteiger partial charge < -0.3 is 15.4 Å². The van der Waals surface area contributed by atoms with Gasteiger partial charge in [-0.2, -0.15) is 0 Å². The Morgan fingerprint density at radius 2 is 2.40 bits per heavy atom. The number of pyridine rings is 1. The highest BCUT2D eigenvalue weighted by molar-refractivity contribution is 5.94. The van der Waals surface area contributed by atoms with E-state index in [0.29, 0.717) is 12.1 Å². The van der Waals surface area contributed by atoms with Gasteiger partial charge in [-0.1, -0.05) is 13.3 Å². The Morgan fingerprint density at radius 1 is 1.50 bits per heavy atom. The van der Waals surface area contributed by atoms with Crippen LogP contribution in [0, 0.1) is 0 Å². The molecule has 1 atom stereocenters. The fraction of sp³-hybridized carbons (Fsp3) is 0.600. The largest absolute Gasteiger partial charge is 0.376 e. The average Bonchev–Trinajstić information content (AvgIpc) is 2.99. The highest BCUT2D eigenvalue weighted by Crippen LogP contribution is 2.11. The number of carbonyl (C=O) groups excluding carboxylic acids is 1. The molecule has 5 nitrogen and oxygen atoms in total. The molecule has 0 aliphatic carbocycles. The molecular weight excluding hydrogens is 254 g/mol. The summed E-state index contributed by atoms with van der Waals surface area (Å²) < 4.78 is 5.47. The monoisotopic (exact) mass is 277 g/mol. The quantitative estimate of drug-likeness (QED) is 0.750. The zero-order valence-corrected chi connectivity index (χ0v) is 12.0. The normalized spacial score (nSPS) is 17.9. The summed E-state index contributed by atoms with van der Waals surface area (Å²) in [5.41, 5.74) is 0.587. The number of carbonyl (C=O) groups is 1. The Balaban J connectivity index is 1.77. The number of nitrogens with zero attached hydrogens (tertiary/aromatic N) is 1. The van der Waals surface area contributed by atoms with Gasteiger partial charge in [0.15, 0.2) is 0 Å². The lowest BCUT2D eigenvalue weighted by molar-refractivity contribution is 0.0857. The number of ether oxygens (including phenoxy) is 1. The summed E-state index contributed by atoms with van der Waals surface area (Å²) in [6.45, 7) is 4.44. The molecule has 1 amide bonds. The molecule has 1 saturated heterocycles. The lowest BCUT2D eigenvalue weighted by atomic mass is 10.2. The fourth-order valence-corrected chi connectivity index (χ4v) is 2.14. The van der Waals surface area contributed by atoms with Gasteiger partial charge >= 0.3 is 0 Å². The maximum atomic E-state index is 11.9. The van der Waals surface area contributed by atoms with Crippen molar-refractivity contribution < 1.29 is 9.53 Å². The lowest BCUT2D eigenvalue weighted by Crippen LogP contribution is -2.31. The molecule has 0 saturated carbocycles. The summed E-state index contributed by atoms with van der Waals surface area (Å²) in [5, 5.41) is 6.11. The van der Waals surface area contributed by atoms with E-state index in [1.807, 2.05) is 6.07 Å². The maximum Gasteiger partial charge on any atom is 0.252 e. The van der Waals surface area contributed by atoms with Crippen LogP contribution < -0.4 is 10.6 Å². The molecule has 20 heavy (non-hydrogen) atoms. The molecule has 1 aromatic heterocycles. The third-order valence-electron chi connectivity index (χ3n) is 3.38. The molecule has 110 valence electrons. The molecule has 1 aliphatic heterocycles. The van der Waals surface area contributed by atoms with Crippen molar-refractivity contribution >= 4 is 11.7 Å². The number of rotatable bonds is 7. The second-order valence-electron chi connectivity index (χ2n) is 5.06. The second-order valence-corrected chi connectivity index (χ2v) is 5.06. The zero-order valence-electron chi connectivity index (χ0n) is 12.0. The van der Waals surface area contributed by atoms with Crippen LogP contribution in [0.4, 0.5) is 5.82 Å². The van der Waals surface area contributed by atoms with Gasteiger partial charge in [-0.25, -0.2) is 4.98 Å². The predicted octanol–water partition coefficient (Wildman–Crippen LogP) is 2.20. The van der Waals surface area contributed by atoms with Crippen LogP contribution in [0.2, 0.25) is 0 Å². The van der Waals surface area contributed by atoms with E-state index in [2.05, 4.69) is 22.5 Å². The van der Waals surface area contributed by atoms with E-state index in [1.54, 1.807) is 12.3 Å². The summed E-state index contributed by atoms with van der Waals surface area (Å²) in [4.78, 5) is 16.2. The minimum atomic E-state index is -0.0897. The first-order valence-electron chi connectivity index (χ1n) is 7.39. The van der Waals surface area contributed by atoms with Gasteiger partial charge in [-0.05, 0) is 31.4 Å². The van der Waals surface area contributed by atoms with Crippen molar-refractivity contribution in [1.82, 2.24) is 10.3 Å². The van der Waals surface area contributed by atoms with Crippen molar-refractivity contribution in [2.45, 2.75) is 38.7 Å². The fourth-order valence-electron chi connectivity index (χ4n) is 2.14. The van der Waals surface area contributed by atoms with Crippen LogP contribution in [-0.2, 0) is 4.74 Å². The molecule has 1 aromatic rings. The summed E-state index contributed by atoms with van der Waals surface area (Å²) >= 11 is 0. The van der Waals surface area contributed by atoms with E-state index in [4.69, 9.17) is 4.74 Å². The van der Waals surface area contributed by atoms with Gasteiger partial charge in [0, 0.05) is 25.9 Å². The lowest BCUT2D eigenvalue weighted by Gasteiger charge is -2.11. The summed E-state index contributed by atoms with van der Waals surface area (Å²) in [5.74, 6) is 0.724. The van der Waals surface area contributed by atoms with Crippen LogP contribution in [-0.4, -0.2) is 36.7 Å². The summed E-state index contributed by atoms with van der Waals surface area (Å²) in [6.07, 6.45) is 6.15. The number of anilines is 1. The Hall–Kier alpha value is -1.62.